The number of hydrogen-bond donors (Lipinski definition) is 1. The number of aryl methyl sites for hydroxylation is 1. The highest BCUT2D eigenvalue weighted by Crippen LogP contribution is 2.15. The Morgan fingerprint density at radius 3 is 2.17 bits per heavy atom. The maximum Gasteiger partial charge on any atom is 0.224 e. The Bertz CT molecular complexity index is 765. The maximum atomic E-state index is 11.9. The van der Waals surface area contributed by atoms with Crippen LogP contribution in [-0.2, 0) is 21.1 Å². The second-order valence-electron chi connectivity index (χ2n) is 5.19. The minimum absolute atomic E-state index is 0.118. The van der Waals surface area contributed by atoms with E-state index in [4.69, 9.17) is 4.74 Å². The van der Waals surface area contributed by atoms with Crippen LogP contribution in [0.15, 0.2) is 53.4 Å². The van der Waals surface area contributed by atoms with Crippen molar-refractivity contribution in [2.75, 3.05) is 18.7 Å². The van der Waals surface area contributed by atoms with Crippen LogP contribution in [0.25, 0.3) is 0 Å². The van der Waals surface area contributed by atoms with Gasteiger partial charge in [-0.25, -0.2) is 8.42 Å². The van der Waals surface area contributed by atoms with E-state index in [1.54, 1.807) is 19.2 Å². The third-order valence-electron chi connectivity index (χ3n) is 3.37. The second-order valence-corrected chi connectivity index (χ2v) is 7.21. The number of anilines is 1. The van der Waals surface area contributed by atoms with Gasteiger partial charge in [0.05, 0.1) is 12.0 Å². The van der Waals surface area contributed by atoms with Gasteiger partial charge in [0.15, 0.2) is 9.84 Å². The van der Waals surface area contributed by atoms with E-state index in [1.807, 2.05) is 24.3 Å². The van der Waals surface area contributed by atoms with Crippen LogP contribution < -0.4 is 10.1 Å². The summed E-state index contributed by atoms with van der Waals surface area (Å²) in [6, 6.07) is 13.7. The lowest BCUT2D eigenvalue weighted by molar-refractivity contribution is -0.116. The lowest BCUT2D eigenvalue weighted by atomic mass is 10.1. The Hall–Kier alpha value is -2.34. The van der Waals surface area contributed by atoms with Crippen LogP contribution >= 0.6 is 0 Å². The molecule has 0 spiro atoms. The molecule has 0 saturated heterocycles. The highest BCUT2D eigenvalue weighted by atomic mass is 32.2. The van der Waals surface area contributed by atoms with Gasteiger partial charge in [0, 0.05) is 18.4 Å². The molecular weight excluding hydrogens is 314 g/mol. The lowest BCUT2D eigenvalue weighted by Crippen LogP contribution is -2.12. The Morgan fingerprint density at radius 1 is 1.04 bits per heavy atom. The minimum Gasteiger partial charge on any atom is -0.497 e. The fraction of sp³-hybridized carbons (Fsp3) is 0.235. The Labute approximate surface area is 136 Å². The predicted octanol–water partition coefficient (Wildman–Crippen LogP) is 2.67. The van der Waals surface area contributed by atoms with E-state index in [2.05, 4.69) is 5.32 Å². The monoisotopic (exact) mass is 333 g/mol. The molecule has 0 aliphatic heterocycles. The van der Waals surface area contributed by atoms with Crippen LogP contribution in [0.3, 0.4) is 0 Å². The minimum atomic E-state index is -3.22. The highest BCUT2D eigenvalue weighted by molar-refractivity contribution is 7.90. The van der Waals surface area contributed by atoms with Crippen LogP contribution in [-0.4, -0.2) is 27.7 Å². The summed E-state index contributed by atoms with van der Waals surface area (Å²) in [6.07, 6.45) is 2.12. The number of carbonyl (C=O) groups excluding carboxylic acids is 1. The molecule has 0 aliphatic rings. The van der Waals surface area contributed by atoms with Gasteiger partial charge in [0.25, 0.3) is 0 Å². The maximum absolute atomic E-state index is 11.9. The fourth-order valence-corrected chi connectivity index (χ4v) is 2.69. The van der Waals surface area contributed by atoms with Crippen molar-refractivity contribution in [3.63, 3.8) is 0 Å². The van der Waals surface area contributed by atoms with Gasteiger partial charge in [-0.3, -0.25) is 4.79 Å². The number of benzene rings is 2. The smallest absolute Gasteiger partial charge is 0.224 e. The van der Waals surface area contributed by atoms with Gasteiger partial charge in [0.1, 0.15) is 5.75 Å². The van der Waals surface area contributed by atoms with E-state index in [-0.39, 0.29) is 10.8 Å². The average molecular weight is 333 g/mol. The summed E-state index contributed by atoms with van der Waals surface area (Å²) in [5, 5.41) is 2.75. The fourth-order valence-electron chi connectivity index (χ4n) is 2.06. The number of sulfone groups is 1. The molecule has 0 fully saturated rings. The van der Waals surface area contributed by atoms with E-state index >= 15 is 0 Å². The Morgan fingerprint density at radius 2 is 1.65 bits per heavy atom. The van der Waals surface area contributed by atoms with Crippen LogP contribution in [0.1, 0.15) is 12.0 Å². The zero-order chi connectivity index (χ0) is 16.9. The number of carbonyl (C=O) groups is 1. The van der Waals surface area contributed by atoms with Crippen LogP contribution in [0, 0.1) is 0 Å². The molecule has 122 valence electrons. The van der Waals surface area contributed by atoms with Crippen molar-refractivity contribution in [3.8, 4) is 5.75 Å². The molecule has 0 aromatic heterocycles. The number of nitrogens with one attached hydrogen (secondary N) is 1. The highest BCUT2D eigenvalue weighted by Gasteiger charge is 2.08. The Balaban J connectivity index is 1.89. The molecule has 0 atom stereocenters. The topological polar surface area (TPSA) is 72.5 Å². The van der Waals surface area contributed by atoms with Gasteiger partial charge in [0.2, 0.25) is 5.91 Å². The van der Waals surface area contributed by atoms with Crippen molar-refractivity contribution < 1.29 is 17.9 Å². The van der Waals surface area contributed by atoms with Crippen molar-refractivity contribution >= 4 is 21.4 Å². The van der Waals surface area contributed by atoms with Crippen LogP contribution in [0.2, 0.25) is 0 Å². The zero-order valence-electron chi connectivity index (χ0n) is 13.1. The van der Waals surface area contributed by atoms with E-state index < -0.39 is 9.84 Å². The number of methoxy groups -OCH3 is 1. The summed E-state index contributed by atoms with van der Waals surface area (Å²) in [7, 11) is -1.61. The first kappa shape index (κ1) is 17.0. The number of ether oxygens (including phenoxy) is 1. The lowest BCUT2D eigenvalue weighted by Gasteiger charge is -2.07. The summed E-state index contributed by atoms with van der Waals surface area (Å²) >= 11 is 0. The molecule has 6 heteroatoms. The molecule has 0 saturated carbocycles. The third-order valence-corrected chi connectivity index (χ3v) is 4.49. The molecule has 0 bridgehead atoms. The third kappa shape index (κ3) is 5.10. The van der Waals surface area contributed by atoms with Gasteiger partial charge in [-0.2, -0.15) is 0 Å². The van der Waals surface area contributed by atoms with Gasteiger partial charge >= 0.3 is 0 Å². The quantitative estimate of drug-likeness (QED) is 0.882. The van der Waals surface area contributed by atoms with Crippen molar-refractivity contribution in [1.82, 2.24) is 0 Å². The van der Waals surface area contributed by atoms with Crippen molar-refractivity contribution in [3.05, 3.63) is 54.1 Å². The molecule has 23 heavy (non-hydrogen) atoms. The molecule has 1 amide bonds. The van der Waals surface area contributed by atoms with Gasteiger partial charge < -0.3 is 10.1 Å². The normalized spacial score (nSPS) is 11.0. The average Bonchev–Trinajstić information content (AvgIpc) is 2.53. The molecule has 0 heterocycles. The number of hydrogen-bond acceptors (Lipinski definition) is 4. The molecular formula is C17H19NO4S. The summed E-state index contributed by atoms with van der Waals surface area (Å²) in [5.41, 5.74) is 1.63. The van der Waals surface area contributed by atoms with Crippen LogP contribution in [0.4, 0.5) is 5.69 Å². The molecule has 2 aromatic rings. The van der Waals surface area contributed by atoms with E-state index in [0.717, 1.165) is 17.6 Å². The number of amides is 1. The molecule has 2 aromatic carbocycles. The Kier molecular flexibility index (Phi) is 5.39. The standard InChI is InChI=1S/C17H19NO4S/c1-22-15-8-3-13(4-9-15)5-12-17(19)18-14-6-10-16(11-7-14)23(2,20)21/h3-4,6-11H,5,12H2,1-2H3,(H,18,19). The van der Waals surface area contributed by atoms with Crippen molar-refractivity contribution in [2.24, 2.45) is 0 Å². The summed E-state index contributed by atoms with van der Waals surface area (Å²) in [4.78, 5) is 12.2. The van der Waals surface area contributed by atoms with Crippen LogP contribution in [0.5, 0.6) is 5.75 Å². The summed E-state index contributed by atoms with van der Waals surface area (Å²) in [5.74, 6) is 0.664. The van der Waals surface area contributed by atoms with Gasteiger partial charge in [-0.15, -0.1) is 0 Å². The van der Waals surface area contributed by atoms with E-state index in [9.17, 15) is 13.2 Å². The first-order valence-corrected chi connectivity index (χ1v) is 9.00. The van der Waals surface area contributed by atoms with Gasteiger partial charge in [-0.1, -0.05) is 12.1 Å². The molecule has 0 unspecified atom stereocenters. The number of rotatable bonds is 6. The predicted molar refractivity (Wildman–Crippen MR) is 89.5 cm³/mol. The van der Waals surface area contributed by atoms with E-state index in [0.29, 0.717) is 18.5 Å². The molecule has 0 radical (unpaired) electrons. The first-order chi connectivity index (χ1) is 10.9. The first-order valence-electron chi connectivity index (χ1n) is 7.11. The van der Waals surface area contributed by atoms with E-state index in [1.165, 1.54) is 12.1 Å². The zero-order valence-corrected chi connectivity index (χ0v) is 13.9. The molecule has 1 N–H and O–H groups in total. The second kappa shape index (κ2) is 7.28. The molecule has 5 nitrogen and oxygen atoms in total. The molecule has 2 rings (SSSR count). The molecule has 0 aliphatic carbocycles. The largest absolute Gasteiger partial charge is 0.497 e. The van der Waals surface area contributed by atoms with Crippen molar-refractivity contribution in [1.29, 1.82) is 0 Å². The summed E-state index contributed by atoms with van der Waals surface area (Å²) in [6.45, 7) is 0. The van der Waals surface area contributed by atoms with Gasteiger partial charge in [-0.05, 0) is 48.4 Å². The van der Waals surface area contributed by atoms with Crippen molar-refractivity contribution in [2.45, 2.75) is 17.7 Å². The summed E-state index contributed by atoms with van der Waals surface area (Å²) < 4.78 is 27.8. The SMILES string of the molecule is COc1ccc(CCC(=O)Nc2ccc(S(C)(=O)=O)cc2)cc1.